The molecule has 2 N–H and O–H groups in total. The number of pyridine rings is 1. The largest absolute Gasteiger partial charge is 0.487 e. The molecule has 0 amide bonds. The van der Waals surface area contributed by atoms with E-state index in [1.807, 2.05) is 0 Å². The molecule has 0 saturated heterocycles. The second-order valence-electron chi connectivity index (χ2n) is 3.57. The van der Waals surface area contributed by atoms with Crippen molar-refractivity contribution in [1.29, 1.82) is 0 Å². The summed E-state index contributed by atoms with van der Waals surface area (Å²) in [4.78, 5) is 4.09. The van der Waals surface area contributed by atoms with Crippen LogP contribution < -0.4 is 10.5 Å². The zero-order chi connectivity index (χ0) is 12.1. The van der Waals surface area contributed by atoms with Crippen LogP contribution >= 0.6 is 12.4 Å². The molecule has 0 aliphatic heterocycles. The number of hydrogen-bond donors (Lipinski definition) is 1. The third kappa shape index (κ3) is 3.68. The van der Waals surface area contributed by atoms with Gasteiger partial charge in [-0.25, -0.2) is 4.39 Å². The average Bonchev–Trinajstić information content (AvgIpc) is 2.38. The van der Waals surface area contributed by atoms with Crippen molar-refractivity contribution in [2.45, 2.75) is 13.2 Å². The Morgan fingerprint density at radius 3 is 2.56 bits per heavy atom. The molecule has 0 atom stereocenters. The Labute approximate surface area is 111 Å². The summed E-state index contributed by atoms with van der Waals surface area (Å²) in [6.07, 6.45) is 1.59. The fraction of sp³-hybridized carbons (Fsp3) is 0.154. The minimum absolute atomic E-state index is 0. The molecule has 2 aromatic rings. The Morgan fingerprint density at radius 2 is 1.94 bits per heavy atom. The maximum absolute atomic E-state index is 13.3. The van der Waals surface area contributed by atoms with Crippen LogP contribution in [0.15, 0.2) is 42.6 Å². The van der Waals surface area contributed by atoms with Crippen LogP contribution in [0.25, 0.3) is 0 Å². The lowest BCUT2D eigenvalue weighted by Crippen LogP contribution is -2.01. The molecule has 0 aliphatic rings. The van der Waals surface area contributed by atoms with Crippen molar-refractivity contribution in [2.24, 2.45) is 5.73 Å². The van der Waals surface area contributed by atoms with Crippen molar-refractivity contribution >= 4 is 12.4 Å². The van der Waals surface area contributed by atoms with Crippen LogP contribution in [0, 0.1) is 5.82 Å². The van der Waals surface area contributed by atoms with E-state index in [4.69, 9.17) is 10.5 Å². The number of nitrogens with two attached hydrogens (primary N) is 1. The van der Waals surface area contributed by atoms with Crippen LogP contribution in [0.5, 0.6) is 5.75 Å². The van der Waals surface area contributed by atoms with Gasteiger partial charge in [0, 0.05) is 12.1 Å². The van der Waals surface area contributed by atoms with Crippen molar-refractivity contribution in [3.8, 4) is 5.75 Å². The van der Waals surface area contributed by atoms with Gasteiger partial charge in [0.1, 0.15) is 18.2 Å². The maximum Gasteiger partial charge on any atom is 0.138 e. The third-order valence-electron chi connectivity index (χ3n) is 2.36. The first-order valence-electron chi connectivity index (χ1n) is 5.31. The molecule has 0 aliphatic carbocycles. The summed E-state index contributed by atoms with van der Waals surface area (Å²) in [5.41, 5.74) is 6.75. The van der Waals surface area contributed by atoms with Gasteiger partial charge in [0.15, 0.2) is 0 Å². The number of benzene rings is 1. The normalized spacial score (nSPS) is 9.67. The molecular weight excluding hydrogens is 255 g/mol. The minimum Gasteiger partial charge on any atom is -0.487 e. The van der Waals surface area contributed by atoms with Gasteiger partial charge < -0.3 is 10.5 Å². The van der Waals surface area contributed by atoms with Crippen molar-refractivity contribution in [3.63, 3.8) is 0 Å². The monoisotopic (exact) mass is 268 g/mol. The van der Waals surface area contributed by atoms with Crippen molar-refractivity contribution in [1.82, 2.24) is 4.98 Å². The molecule has 0 fully saturated rings. The molecule has 3 nitrogen and oxygen atoms in total. The molecule has 0 saturated carbocycles. The van der Waals surface area contributed by atoms with E-state index in [2.05, 4.69) is 4.98 Å². The van der Waals surface area contributed by atoms with E-state index in [1.54, 1.807) is 36.5 Å². The zero-order valence-corrected chi connectivity index (χ0v) is 10.5. The topological polar surface area (TPSA) is 48.1 Å². The quantitative estimate of drug-likeness (QED) is 0.927. The fourth-order valence-electron chi connectivity index (χ4n) is 1.39. The molecule has 0 spiro atoms. The van der Waals surface area contributed by atoms with Crippen LogP contribution in [0.3, 0.4) is 0 Å². The van der Waals surface area contributed by atoms with Gasteiger partial charge in [-0.2, -0.15) is 0 Å². The van der Waals surface area contributed by atoms with Crippen molar-refractivity contribution in [2.75, 3.05) is 0 Å². The highest BCUT2D eigenvalue weighted by atomic mass is 35.5. The molecule has 5 heteroatoms. The lowest BCUT2D eigenvalue weighted by molar-refractivity contribution is 0.298. The van der Waals surface area contributed by atoms with Gasteiger partial charge in [0.2, 0.25) is 0 Å². The number of rotatable bonds is 4. The van der Waals surface area contributed by atoms with E-state index < -0.39 is 0 Å². The summed E-state index contributed by atoms with van der Waals surface area (Å²) in [5.74, 6) is 0.337. The Bertz CT molecular complexity index is 491. The van der Waals surface area contributed by atoms with Crippen LogP contribution in [0.1, 0.15) is 11.3 Å². The zero-order valence-electron chi connectivity index (χ0n) is 9.67. The van der Waals surface area contributed by atoms with E-state index in [9.17, 15) is 4.39 Å². The van der Waals surface area contributed by atoms with Gasteiger partial charge in [-0.05, 0) is 18.2 Å². The first-order valence-corrected chi connectivity index (χ1v) is 5.31. The van der Waals surface area contributed by atoms with Crippen LogP contribution in [0.2, 0.25) is 0 Å². The van der Waals surface area contributed by atoms with Crippen molar-refractivity contribution < 1.29 is 9.13 Å². The first-order chi connectivity index (χ1) is 8.29. The highest BCUT2D eigenvalue weighted by Gasteiger charge is 2.01. The second-order valence-corrected chi connectivity index (χ2v) is 3.57. The standard InChI is InChI=1S/C13H13FN2O.ClH/c14-13-4-2-1-3-10(13)9-17-12-6-5-11(7-15)16-8-12;/h1-6,8H,7,9,15H2;1H. The highest BCUT2D eigenvalue weighted by Crippen LogP contribution is 2.13. The fourth-order valence-corrected chi connectivity index (χ4v) is 1.39. The molecule has 0 unspecified atom stereocenters. The van der Waals surface area contributed by atoms with Gasteiger partial charge in [-0.15, -0.1) is 12.4 Å². The van der Waals surface area contributed by atoms with Gasteiger partial charge in [0.25, 0.3) is 0 Å². The molecule has 96 valence electrons. The van der Waals surface area contributed by atoms with Gasteiger partial charge in [-0.3, -0.25) is 4.98 Å². The second kappa shape index (κ2) is 6.93. The molecule has 0 bridgehead atoms. The van der Waals surface area contributed by atoms with E-state index in [0.29, 0.717) is 17.9 Å². The predicted molar refractivity (Wildman–Crippen MR) is 70.1 cm³/mol. The molecule has 1 aromatic heterocycles. The Balaban J connectivity index is 0.00000162. The van der Waals surface area contributed by atoms with Gasteiger partial charge >= 0.3 is 0 Å². The lowest BCUT2D eigenvalue weighted by Gasteiger charge is -2.07. The highest BCUT2D eigenvalue weighted by molar-refractivity contribution is 5.85. The molecule has 1 aromatic carbocycles. The van der Waals surface area contributed by atoms with E-state index in [1.165, 1.54) is 6.07 Å². The molecule has 0 radical (unpaired) electrons. The number of halogens is 2. The number of hydrogen-bond acceptors (Lipinski definition) is 3. The van der Waals surface area contributed by atoms with Crippen LogP contribution in [-0.4, -0.2) is 4.98 Å². The summed E-state index contributed by atoms with van der Waals surface area (Å²) in [6.45, 7) is 0.587. The summed E-state index contributed by atoms with van der Waals surface area (Å²) < 4.78 is 18.7. The number of aromatic nitrogens is 1. The summed E-state index contributed by atoms with van der Waals surface area (Å²) in [6, 6.07) is 10.1. The van der Waals surface area contributed by atoms with Crippen LogP contribution in [0.4, 0.5) is 4.39 Å². The van der Waals surface area contributed by atoms with Gasteiger partial charge in [0.05, 0.1) is 11.9 Å². The van der Waals surface area contributed by atoms with E-state index in [0.717, 1.165) is 5.69 Å². The summed E-state index contributed by atoms with van der Waals surface area (Å²) in [5, 5.41) is 0. The van der Waals surface area contributed by atoms with E-state index >= 15 is 0 Å². The molecule has 2 rings (SSSR count). The Kier molecular flexibility index (Phi) is 5.55. The SMILES string of the molecule is Cl.NCc1ccc(OCc2ccccc2F)cn1. The molecule has 18 heavy (non-hydrogen) atoms. The molecular formula is C13H14ClFN2O. The first kappa shape index (κ1) is 14.4. The number of ether oxygens (including phenoxy) is 1. The molecule has 1 heterocycles. The maximum atomic E-state index is 13.3. The smallest absolute Gasteiger partial charge is 0.138 e. The Hall–Kier alpha value is -1.65. The summed E-state index contributed by atoms with van der Waals surface area (Å²) in [7, 11) is 0. The Morgan fingerprint density at radius 1 is 1.17 bits per heavy atom. The predicted octanol–water partition coefficient (Wildman–Crippen LogP) is 2.68. The summed E-state index contributed by atoms with van der Waals surface area (Å²) >= 11 is 0. The third-order valence-corrected chi connectivity index (χ3v) is 2.36. The lowest BCUT2D eigenvalue weighted by atomic mass is 10.2. The average molecular weight is 269 g/mol. The minimum atomic E-state index is -0.265. The number of nitrogens with zero attached hydrogens (tertiary/aromatic N) is 1. The van der Waals surface area contributed by atoms with Crippen LogP contribution in [-0.2, 0) is 13.2 Å². The van der Waals surface area contributed by atoms with Gasteiger partial charge in [-0.1, -0.05) is 18.2 Å². The van der Waals surface area contributed by atoms with Crippen molar-refractivity contribution in [3.05, 3.63) is 59.7 Å². The van der Waals surface area contributed by atoms with E-state index in [-0.39, 0.29) is 24.8 Å².